The Labute approximate surface area is 487 Å². The molecular formula is C61H82FN13O7S. The Balaban J connectivity index is 0.798. The van der Waals surface area contributed by atoms with Crippen LogP contribution in [0.4, 0.5) is 26.6 Å². The van der Waals surface area contributed by atoms with Gasteiger partial charge in [0, 0.05) is 85.7 Å². The average molecular weight is 1160 g/mol. The lowest BCUT2D eigenvalue weighted by Crippen LogP contribution is -2.64. The van der Waals surface area contributed by atoms with Crippen LogP contribution in [0.2, 0.25) is 0 Å². The highest BCUT2D eigenvalue weighted by Crippen LogP contribution is 2.43. The molecule has 4 aliphatic rings. The number of hydrogen-bond acceptors (Lipinski definition) is 17. The van der Waals surface area contributed by atoms with Gasteiger partial charge in [-0.3, -0.25) is 14.7 Å². The van der Waals surface area contributed by atoms with Crippen LogP contribution in [0.25, 0.3) is 10.9 Å². The van der Waals surface area contributed by atoms with Crippen molar-refractivity contribution in [3.63, 3.8) is 0 Å². The highest BCUT2D eigenvalue weighted by molar-refractivity contribution is 7.92. The van der Waals surface area contributed by atoms with Gasteiger partial charge < -0.3 is 45.3 Å². The molecule has 7 heterocycles. The van der Waals surface area contributed by atoms with Crippen molar-refractivity contribution in [1.29, 1.82) is 0 Å². The molecule has 5 aromatic rings. The number of allylic oxidation sites excluding steroid dienone is 1. The molecule has 83 heavy (non-hydrogen) atoms. The fraction of sp³-hybridized carbons (Fsp3) is 0.541. The van der Waals surface area contributed by atoms with Crippen molar-refractivity contribution in [3.05, 3.63) is 101 Å². The Morgan fingerprint density at radius 2 is 1.49 bits per heavy atom. The van der Waals surface area contributed by atoms with E-state index in [-0.39, 0.29) is 82.8 Å². The number of sulfone groups is 1. The molecule has 9 rings (SSSR count). The molecule has 0 bridgehead atoms. The maximum atomic E-state index is 14.7. The van der Waals surface area contributed by atoms with E-state index in [0.717, 1.165) is 74.4 Å². The second-order valence-corrected chi connectivity index (χ2v) is 28.3. The molecule has 4 aliphatic heterocycles. The van der Waals surface area contributed by atoms with Gasteiger partial charge in [-0.05, 0) is 148 Å². The number of piperazine rings is 1. The van der Waals surface area contributed by atoms with Crippen molar-refractivity contribution >= 4 is 56.0 Å². The summed E-state index contributed by atoms with van der Waals surface area (Å²) in [6, 6.07) is 11.3. The van der Waals surface area contributed by atoms with Gasteiger partial charge >= 0.3 is 6.09 Å². The number of likely N-dealkylation sites (tertiary alicyclic amines) is 1. The van der Waals surface area contributed by atoms with Crippen LogP contribution in [0.5, 0.6) is 11.5 Å². The number of nitrogens with zero attached hydrogens (tertiary/aromatic N) is 11. The molecule has 0 unspecified atom stereocenters. The predicted molar refractivity (Wildman–Crippen MR) is 319 cm³/mol. The number of hydrogen-bond donors (Lipinski definition) is 2. The lowest BCUT2D eigenvalue weighted by Gasteiger charge is -2.50. The molecule has 446 valence electrons. The molecule has 4 N–H and O–H groups in total. The Morgan fingerprint density at radius 3 is 2.14 bits per heavy atom. The smallest absolute Gasteiger partial charge is 0.410 e. The molecule has 2 aromatic carbocycles. The lowest BCUT2D eigenvalue weighted by molar-refractivity contribution is -0.121. The van der Waals surface area contributed by atoms with Crippen molar-refractivity contribution < 1.29 is 36.6 Å². The van der Waals surface area contributed by atoms with Crippen LogP contribution in [0, 0.1) is 11.2 Å². The first-order valence-electron chi connectivity index (χ1n) is 28.7. The molecule has 0 aliphatic carbocycles. The SMILES string of the molecule is CC(N)=C(C)C(N)=Nc1ncnc2cc(OCCOc3cnc(N4CCC5(CCN(C[C@H]6CN(C(=O)OC(C)(C)C)[C@H](C)CN6CC(=O)N6CC(C)(C)c7ncc(Cc8ccc(F)cc8)cc76)CC5)CC4)nc3)c(S(=O)(=O)C(C)(C)C)cc12. The minimum atomic E-state index is -3.92. The van der Waals surface area contributed by atoms with E-state index in [1.807, 2.05) is 43.7 Å². The van der Waals surface area contributed by atoms with Crippen molar-refractivity contribution in [2.75, 3.05) is 81.9 Å². The normalized spacial score (nSPS) is 20.1. The zero-order valence-electron chi connectivity index (χ0n) is 50.0. The standard InChI is InChI=1S/C61H82FN13O7S/c1-39-33-73(36-52(76)75-37-60(10,11)53-49(75)27-43(30-65-53)26-42-12-14-44(62)15-13-42)45(35-74(39)57(77)82-58(4,5)6)34-71-20-16-61(17-21-71)18-22-72(23-19-61)56-66-31-46(32-67-56)80-24-25-81-50-29-48-47(28-51(50)83(78,79)59(7,8)9)55(69-38-68-48)70-54(64)40(2)41(3)63/h12-15,27-32,38-39,45H,16-26,33-37,63H2,1-11H3,(H2,64,68,69,70)/t39-,45+/m1/s1. The molecule has 1 spiro atoms. The zero-order valence-corrected chi connectivity index (χ0v) is 50.9. The van der Waals surface area contributed by atoms with Crippen LogP contribution < -0.4 is 30.7 Å². The maximum Gasteiger partial charge on any atom is 0.410 e. The number of carbonyl (C=O) groups excluding carboxylic acids is 2. The first-order chi connectivity index (χ1) is 39.1. The molecule has 0 radical (unpaired) electrons. The van der Waals surface area contributed by atoms with E-state index in [2.05, 4.69) is 59.5 Å². The number of ether oxygens (including phenoxy) is 3. The third-order valence-electron chi connectivity index (χ3n) is 16.6. The van der Waals surface area contributed by atoms with E-state index < -0.39 is 20.2 Å². The number of benzene rings is 2. The van der Waals surface area contributed by atoms with Gasteiger partial charge in [-0.25, -0.2) is 42.5 Å². The number of nitrogens with two attached hydrogens (primary N) is 2. The van der Waals surface area contributed by atoms with Crippen molar-refractivity contribution in [2.24, 2.45) is 21.9 Å². The van der Waals surface area contributed by atoms with Crippen LogP contribution in [0.1, 0.15) is 119 Å². The number of halogens is 1. The topological polar surface area (TPSA) is 241 Å². The summed E-state index contributed by atoms with van der Waals surface area (Å²) >= 11 is 0. The monoisotopic (exact) mass is 1160 g/mol. The van der Waals surface area contributed by atoms with E-state index in [9.17, 15) is 22.4 Å². The summed E-state index contributed by atoms with van der Waals surface area (Å²) < 4.78 is 58.5. The highest BCUT2D eigenvalue weighted by atomic mass is 32.2. The molecular weight excluding hydrogens is 1080 g/mol. The van der Waals surface area contributed by atoms with Gasteiger partial charge in [0.15, 0.2) is 21.4 Å². The predicted octanol–water partition coefficient (Wildman–Crippen LogP) is 8.13. The fourth-order valence-corrected chi connectivity index (χ4v) is 12.8. The third-order valence-corrected chi connectivity index (χ3v) is 19.2. The van der Waals surface area contributed by atoms with Gasteiger partial charge in [-0.15, -0.1) is 0 Å². The minimum Gasteiger partial charge on any atom is -0.489 e. The van der Waals surface area contributed by atoms with E-state index in [4.69, 9.17) is 30.7 Å². The van der Waals surface area contributed by atoms with Crippen LogP contribution in [-0.2, 0) is 31.2 Å². The molecule has 22 heteroatoms. The molecule has 3 aromatic heterocycles. The summed E-state index contributed by atoms with van der Waals surface area (Å²) in [7, 11) is -3.92. The van der Waals surface area contributed by atoms with Crippen LogP contribution in [0.3, 0.4) is 0 Å². The van der Waals surface area contributed by atoms with Crippen molar-refractivity contribution in [3.8, 4) is 11.5 Å². The Morgan fingerprint density at radius 1 is 0.831 bits per heavy atom. The number of amides is 2. The van der Waals surface area contributed by atoms with Crippen molar-refractivity contribution in [2.45, 2.75) is 141 Å². The average Bonchev–Trinajstić information content (AvgIpc) is 3.58. The summed E-state index contributed by atoms with van der Waals surface area (Å²) in [6.07, 6.45) is 10.8. The Hall–Kier alpha value is -7.04. The Kier molecular flexibility index (Phi) is 17.4. The quantitative estimate of drug-likeness (QED) is 0.0571. The number of carbonyl (C=O) groups is 2. The number of anilines is 2. The van der Waals surface area contributed by atoms with Crippen LogP contribution in [0.15, 0.2) is 88.5 Å². The van der Waals surface area contributed by atoms with E-state index in [1.165, 1.54) is 24.5 Å². The summed E-state index contributed by atoms with van der Waals surface area (Å²) in [4.78, 5) is 66.4. The number of pyridine rings is 1. The van der Waals surface area contributed by atoms with Gasteiger partial charge in [-0.2, -0.15) is 0 Å². The number of fused-ring (bicyclic) bond motifs is 2. The molecule has 2 atom stereocenters. The number of rotatable bonds is 15. The molecule has 20 nitrogen and oxygen atoms in total. The number of aromatic nitrogens is 5. The van der Waals surface area contributed by atoms with Crippen molar-refractivity contribution in [1.82, 2.24) is 39.6 Å². The van der Waals surface area contributed by atoms with Gasteiger partial charge in [-0.1, -0.05) is 26.0 Å². The number of piperidine rings is 2. The molecule has 0 saturated carbocycles. The summed E-state index contributed by atoms with van der Waals surface area (Å²) in [5, 5.41) is 0.385. The number of amidine groups is 1. The maximum absolute atomic E-state index is 14.7. The Bertz CT molecular complexity index is 3360. The molecule has 3 fully saturated rings. The second-order valence-electron chi connectivity index (χ2n) is 25.6. The fourth-order valence-electron chi connectivity index (χ4n) is 11.5. The van der Waals surface area contributed by atoms with Gasteiger partial charge in [0.2, 0.25) is 11.9 Å². The first-order valence-corrected chi connectivity index (χ1v) is 30.2. The van der Waals surface area contributed by atoms with Gasteiger partial charge in [0.05, 0.1) is 40.6 Å². The summed E-state index contributed by atoms with van der Waals surface area (Å²) in [6.45, 7) is 26.2. The second kappa shape index (κ2) is 23.9. The summed E-state index contributed by atoms with van der Waals surface area (Å²) in [5.41, 5.74) is 16.5. The first kappa shape index (κ1) is 60.5. The molecule has 2 amide bonds. The zero-order chi connectivity index (χ0) is 59.8. The van der Waals surface area contributed by atoms with E-state index in [1.54, 1.807) is 65.2 Å². The lowest BCUT2D eigenvalue weighted by atomic mass is 9.71. The third kappa shape index (κ3) is 13.8. The van der Waals surface area contributed by atoms with Crippen LogP contribution >= 0.6 is 0 Å². The number of aliphatic imine (C=N–C) groups is 1. The molecule has 3 saturated heterocycles. The van der Waals surface area contributed by atoms with Gasteiger partial charge in [0.25, 0.3) is 0 Å². The minimum absolute atomic E-state index is 0.00197. The highest BCUT2D eigenvalue weighted by Gasteiger charge is 2.44. The largest absolute Gasteiger partial charge is 0.489 e. The van der Waals surface area contributed by atoms with E-state index >= 15 is 0 Å². The van der Waals surface area contributed by atoms with Gasteiger partial charge in [0.1, 0.15) is 47.4 Å². The summed E-state index contributed by atoms with van der Waals surface area (Å²) in [5.74, 6) is 1.27. The van der Waals surface area contributed by atoms with Crippen LogP contribution in [-0.4, -0.2) is 160 Å². The van der Waals surface area contributed by atoms with E-state index in [0.29, 0.717) is 66.5 Å².